The van der Waals surface area contributed by atoms with E-state index < -0.39 is 7.12 Å². The number of halogens is 1. The van der Waals surface area contributed by atoms with Crippen LogP contribution >= 0.6 is 11.3 Å². The topological polar surface area (TPSA) is 18.5 Å². The highest BCUT2D eigenvalue weighted by molar-refractivity contribution is 7.09. The first kappa shape index (κ1) is 11.1. The Kier molecular flexibility index (Phi) is 2.45. The molecule has 1 fully saturated rings. The fraction of sp³-hybridized carbons (Fsp3) is 0.600. The van der Waals surface area contributed by atoms with E-state index in [1.165, 1.54) is 6.07 Å². The van der Waals surface area contributed by atoms with Crippen LogP contribution in [0.4, 0.5) is 4.39 Å². The number of hydrogen-bond donors (Lipinski definition) is 0. The lowest BCUT2D eigenvalue weighted by Gasteiger charge is -2.32. The van der Waals surface area contributed by atoms with E-state index in [-0.39, 0.29) is 16.3 Å². The lowest BCUT2D eigenvalue weighted by molar-refractivity contribution is 0.00578. The lowest BCUT2D eigenvalue weighted by atomic mass is 9.81. The van der Waals surface area contributed by atoms with Crippen molar-refractivity contribution >= 4 is 23.9 Å². The van der Waals surface area contributed by atoms with Gasteiger partial charge in [0, 0.05) is 0 Å². The third kappa shape index (κ3) is 1.84. The summed E-state index contributed by atoms with van der Waals surface area (Å²) in [4.78, 5) is 0. The molecule has 0 N–H and O–H groups in total. The van der Waals surface area contributed by atoms with Crippen LogP contribution in [0.2, 0.25) is 0 Å². The predicted molar refractivity (Wildman–Crippen MR) is 60.0 cm³/mol. The molecule has 2 nitrogen and oxygen atoms in total. The summed E-state index contributed by atoms with van der Waals surface area (Å²) >= 11 is 1.06. The molecule has 1 aliphatic rings. The highest BCUT2D eigenvalue weighted by atomic mass is 32.1. The van der Waals surface area contributed by atoms with Crippen molar-refractivity contribution in [3.63, 3.8) is 0 Å². The Labute approximate surface area is 93.5 Å². The minimum Gasteiger partial charge on any atom is -0.399 e. The molecule has 82 valence electrons. The number of thiophene rings is 1. The van der Waals surface area contributed by atoms with Gasteiger partial charge in [0.25, 0.3) is 0 Å². The van der Waals surface area contributed by atoms with E-state index in [0.717, 1.165) is 16.8 Å². The van der Waals surface area contributed by atoms with Crippen molar-refractivity contribution < 1.29 is 13.7 Å². The molecule has 2 heterocycles. The third-order valence-corrected chi connectivity index (χ3v) is 3.85. The van der Waals surface area contributed by atoms with Gasteiger partial charge in [-0.25, -0.2) is 0 Å². The highest BCUT2D eigenvalue weighted by Gasteiger charge is 2.51. The Hall–Kier alpha value is -0.385. The third-order valence-electron chi connectivity index (χ3n) is 3.11. The summed E-state index contributed by atoms with van der Waals surface area (Å²) in [5, 5.41) is 1.53. The molecule has 2 rings (SSSR count). The maximum Gasteiger partial charge on any atom is 0.495 e. The van der Waals surface area contributed by atoms with Crippen molar-refractivity contribution in [3.05, 3.63) is 16.6 Å². The molecule has 0 atom stereocenters. The van der Waals surface area contributed by atoms with E-state index in [1.807, 2.05) is 27.7 Å². The predicted octanol–water partition coefficient (Wildman–Crippen LogP) is 2.19. The minimum absolute atomic E-state index is 0.209. The van der Waals surface area contributed by atoms with Crippen LogP contribution in [0.25, 0.3) is 0 Å². The lowest BCUT2D eigenvalue weighted by Crippen LogP contribution is -2.41. The second kappa shape index (κ2) is 3.30. The molecular formula is C10H14BFO2S. The van der Waals surface area contributed by atoms with Gasteiger partial charge in [0.15, 0.2) is 5.13 Å². The summed E-state index contributed by atoms with van der Waals surface area (Å²) in [7, 11) is -0.448. The summed E-state index contributed by atoms with van der Waals surface area (Å²) in [5.74, 6) is 0. The molecule has 0 saturated carbocycles. The van der Waals surface area contributed by atoms with Gasteiger partial charge in [0.2, 0.25) is 0 Å². The molecule has 5 heteroatoms. The van der Waals surface area contributed by atoms with Crippen LogP contribution in [0.5, 0.6) is 0 Å². The molecule has 1 aliphatic heterocycles. The molecule has 0 bridgehead atoms. The Morgan fingerprint density at radius 1 is 1.20 bits per heavy atom. The zero-order valence-corrected chi connectivity index (χ0v) is 10.2. The van der Waals surface area contributed by atoms with Crippen LogP contribution in [0.1, 0.15) is 27.7 Å². The molecule has 0 amide bonds. The van der Waals surface area contributed by atoms with Crippen LogP contribution < -0.4 is 5.46 Å². The first-order chi connectivity index (χ1) is 6.82. The van der Waals surface area contributed by atoms with Crippen molar-refractivity contribution in [1.82, 2.24) is 0 Å². The summed E-state index contributed by atoms with van der Waals surface area (Å²) in [6, 6.07) is 1.47. The fourth-order valence-electron chi connectivity index (χ4n) is 1.43. The average Bonchev–Trinajstić information content (AvgIpc) is 2.56. The molecule has 1 saturated heterocycles. The molecule has 0 spiro atoms. The van der Waals surface area contributed by atoms with Crippen LogP contribution in [-0.2, 0) is 9.31 Å². The van der Waals surface area contributed by atoms with Crippen molar-refractivity contribution in [3.8, 4) is 0 Å². The molecule has 0 radical (unpaired) electrons. The van der Waals surface area contributed by atoms with Gasteiger partial charge in [0.1, 0.15) is 0 Å². The minimum atomic E-state index is -0.448. The van der Waals surface area contributed by atoms with Crippen molar-refractivity contribution in [2.24, 2.45) is 0 Å². The maximum absolute atomic E-state index is 12.9. The normalized spacial score (nSPS) is 23.4. The van der Waals surface area contributed by atoms with E-state index in [2.05, 4.69) is 0 Å². The number of rotatable bonds is 1. The summed E-state index contributed by atoms with van der Waals surface area (Å²) in [5.41, 5.74) is 0.0303. The first-order valence-electron chi connectivity index (χ1n) is 4.91. The largest absolute Gasteiger partial charge is 0.495 e. The summed E-state index contributed by atoms with van der Waals surface area (Å²) in [6.07, 6.45) is 0. The number of hydrogen-bond acceptors (Lipinski definition) is 3. The SMILES string of the molecule is CC1(C)OB(c2csc(F)c2)OC1(C)C. The smallest absolute Gasteiger partial charge is 0.399 e. The maximum atomic E-state index is 12.9. The molecular weight excluding hydrogens is 214 g/mol. The van der Waals surface area contributed by atoms with Gasteiger partial charge in [-0.2, -0.15) is 4.39 Å². The second-order valence-corrected chi connectivity index (χ2v) is 5.63. The molecule has 15 heavy (non-hydrogen) atoms. The Bertz CT molecular complexity index is 359. The van der Waals surface area contributed by atoms with E-state index in [1.54, 1.807) is 5.38 Å². The molecule has 0 aromatic carbocycles. The molecule has 0 unspecified atom stereocenters. The van der Waals surface area contributed by atoms with Gasteiger partial charge >= 0.3 is 7.12 Å². The monoisotopic (exact) mass is 228 g/mol. The van der Waals surface area contributed by atoms with Gasteiger partial charge in [-0.05, 0) is 44.6 Å². The fourth-order valence-corrected chi connectivity index (χ4v) is 2.06. The van der Waals surface area contributed by atoms with Gasteiger partial charge in [-0.3, -0.25) is 0 Å². The van der Waals surface area contributed by atoms with Gasteiger partial charge in [-0.1, -0.05) is 0 Å². The van der Waals surface area contributed by atoms with E-state index in [4.69, 9.17) is 9.31 Å². The van der Waals surface area contributed by atoms with E-state index in [0.29, 0.717) is 0 Å². The first-order valence-corrected chi connectivity index (χ1v) is 5.79. The zero-order valence-electron chi connectivity index (χ0n) is 9.33. The van der Waals surface area contributed by atoms with Crippen molar-refractivity contribution in [2.45, 2.75) is 38.9 Å². The molecule has 0 aliphatic carbocycles. The van der Waals surface area contributed by atoms with E-state index in [9.17, 15) is 4.39 Å². The average molecular weight is 228 g/mol. The van der Waals surface area contributed by atoms with Gasteiger partial charge in [-0.15, -0.1) is 11.3 Å². The van der Waals surface area contributed by atoms with Crippen molar-refractivity contribution in [1.29, 1.82) is 0 Å². The molecule has 1 aromatic heterocycles. The zero-order chi connectivity index (χ0) is 11.3. The highest BCUT2D eigenvalue weighted by Crippen LogP contribution is 2.36. The second-order valence-electron chi connectivity index (χ2n) is 4.77. The van der Waals surface area contributed by atoms with Crippen LogP contribution in [-0.4, -0.2) is 18.3 Å². The van der Waals surface area contributed by atoms with Crippen LogP contribution in [0, 0.1) is 5.13 Å². The van der Waals surface area contributed by atoms with Crippen LogP contribution in [0.15, 0.2) is 11.4 Å². The standard InChI is InChI=1S/C10H14BFO2S/c1-9(2)10(3,4)14-11(13-9)7-5-8(12)15-6-7/h5-6H,1-4H3. The Balaban J connectivity index is 2.23. The van der Waals surface area contributed by atoms with Crippen molar-refractivity contribution in [2.75, 3.05) is 0 Å². The van der Waals surface area contributed by atoms with Gasteiger partial charge < -0.3 is 9.31 Å². The Morgan fingerprint density at radius 2 is 1.73 bits per heavy atom. The quantitative estimate of drug-likeness (QED) is 0.686. The van der Waals surface area contributed by atoms with E-state index >= 15 is 0 Å². The summed E-state index contributed by atoms with van der Waals surface area (Å²) in [6.45, 7) is 7.93. The molecule has 1 aromatic rings. The van der Waals surface area contributed by atoms with Crippen LogP contribution in [0.3, 0.4) is 0 Å². The summed E-state index contributed by atoms with van der Waals surface area (Å²) < 4.78 is 24.4. The Morgan fingerprint density at radius 3 is 2.13 bits per heavy atom. The van der Waals surface area contributed by atoms with Gasteiger partial charge in [0.05, 0.1) is 11.2 Å².